The largest absolute Gasteiger partial charge is 0.0915 e. The monoisotopic (exact) mass is 642 g/mol. The molecule has 3 heteroatoms. The van der Waals surface area contributed by atoms with Gasteiger partial charge in [-0.1, -0.05) is 184 Å². The van der Waals surface area contributed by atoms with E-state index in [0.29, 0.717) is 5.66 Å². The average Bonchev–Trinajstić information content (AvgIpc) is 3.68. The van der Waals surface area contributed by atoms with Crippen LogP contribution in [-0.4, -0.2) is 16.0 Å². The summed E-state index contributed by atoms with van der Waals surface area (Å²) in [6, 6.07) is 31.6. The summed E-state index contributed by atoms with van der Waals surface area (Å²) in [7, 11) is -1.04. The first-order valence-electron chi connectivity index (χ1n) is 15.0. The van der Waals surface area contributed by atoms with E-state index in [1.165, 1.54) is 37.5 Å². The summed E-state index contributed by atoms with van der Waals surface area (Å²) in [5.41, 5.74) is 0.509. The molecule has 0 aliphatic heterocycles. The van der Waals surface area contributed by atoms with E-state index >= 15 is 0 Å². The van der Waals surface area contributed by atoms with Gasteiger partial charge in [0.05, 0.1) is 0 Å². The molecule has 2 radical (unpaired) electrons. The van der Waals surface area contributed by atoms with Crippen LogP contribution in [0.3, 0.4) is 0 Å². The van der Waals surface area contributed by atoms with Crippen molar-refractivity contribution in [3.05, 3.63) is 145 Å². The van der Waals surface area contributed by atoms with Crippen LogP contribution in [0.2, 0.25) is 0 Å². The van der Waals surface area contributed by atoms with Crippen molar-refractivity contribution in [2.75, 3.05) is 0 Å². The third kappa shape index (κ3) is 7.52. The minimum atomic E-state index is -0.748. The molecular formula is C40H44FeP2. The van der Waals surface area contributed by atoms with Crippen molar-refractivity contribution in [1.29, 1.82) is 0 Å². The Morgan fingerprint density at radius 1 is 0.558 bits per heavy atom. The van der Waals surface area contributed by atoms with E-state index < -0.39 is 7.92 Å². The minimum absolute atomic E-state index is 0. The zero-order valence-corrected chi connectivity index (χ0v) is 29.4. The van der Waals surface area contributed by atoms with Gasteiger partial charge >= 0.3 is 0 Å². The molecule has 4 aromatic rings. The van der Waals surface area contributed by atoms with E-state index in [4.69, 9.17) is 0 Å². The van der Waals surface area contributed by atoms with Crippen molar-refractivity contribution in [3.63, 3.8) is 0 Å². The first-order chi connectivity index (χ1) is 20.1. The molecule has 0 N–H and O–H groups in total. The second-order valence-electron chi connectivity index (χ2n) is 13.0. The molecule has 0 amide bonds. The molecule has 0 nitrogen and oxygen atoms in total. The van der Waals surface area contributed by atoms with Gasteiger partial charge in [0.1, 0.15) is 0 Å². The standard InChI is InChI=1S/C35H39P2.C5H5.Fe/c1-25(37(34(2,3)4)35(5,6)7)28-21-14-24-31(28)36(32-22-12-17-26-15-8-10-19-29(26)32)33-23-13-18-27-16-9-11-20-30(27)33;1-2-4-5-3-1;/h8-25H,1-7H3;1-5H;/t25-;;/m0../s1. The summed E-state index contributed by atoms with van der Waals surface area (Å²) >= 11 is 0. The zero-order chi connectivity index (χ0) is 29.9. The molecule has 0 aromatic heterocycles. The fraction of sp³-hybridized carbons (Fsp3) is 0.250. The molecule has 0 unspecified atom stereocenters. The molecule has 0 fully saturated rings. The predicted octanol–water partition coefficient (Wildman–Crippen LogP) is 11.2. The van der Waals surface area contributed by atoms with Gasteiger partial charge < -0.3 is 0 Å². The Hall–Kier alpha value is -2.26. The van der Waals surface area contributed by atoms with Gasteiger partial charge in [0.25, 0.3) is 0 Å². The van der Waals surface area contributed by atoms with Gasteiger partial charge in [-0.15, -0.1) is 0 Å². The fourth-order valence-electron chi connectivity index (χ4n) is 6.81. The first-order valence-corrected chi connectivity index (χ1v) is 17.8. The molecule has 0 bridgehead atoms. The molecule has 0 heterocycles. The van der Waals surface area contributed by atoms with Crippen molar-refractivity contribution >= 4 is 48.0 Å². The van der Waals surface area contributed by atoms with Gasteiger partial charge in [0.15, 0.2) is 0 Å². The molecule has 0 saturated heterocycles. The number of rotatable bonds is 5. The third-order valence-electron chi connectivity index (χ3n) is 7.92. The van der Waals surface area contributed by atoms with Crippen LogP contribution < -0.4 is 10.6 Å². The normalized spacial score (nSPS) is 15.6. The van der Waals surface area contributed by atoms with E-state index in [9.17, 15) is 0 Å². The van der Waals surface area contributed by atoms with Gasteiger partial charge in [-0.3, -0.25) is 0 Å². The average molecular weight is 643 g/mol. The molecule has 222 valence electrons. The number of fused-ring (bicyclic) bond motifs is 2. The molecule has 0 spiro atoms. The minimum Gasteiger partial charge on any atom is -0.0915 e. The molecule has 6 rings (SSSR count). The summed E-state index contributed by atoms with van der Waals surface area (Å²) in [6.45, 7) is 17.2. The smallest absolute Gasteiger partial charge is 0.0349 e. The van der Waals surface area contributed by atoms with Crippen molar-refractivity contribution in [2.45, 2.75) is 64.4 Å². The zero-order valence-electron chi connectivity index (χ0n) is 26.5. The summed E-state index contributed by atoms with van der Waals surface area (Å²) in [6.07, 6.45) is 17.2. The number of hydrogen-bond donors (Lipinski definition) is 0. The topological polar surface area (TPSA) is 0 Å². The molecule has 0 saturated carbocycles. The van der Waals surface area contributed by atoms with Crippen LogP contribution in [0.15, 0.2) is 133 Å². The van der Waals surface area contributed by atoms with Crippen LogP contribution in [0.5, 0.6) is 0 Å². The Labute approximate surface area is 273 Å². The second kappa shape index (κ2) is 14.2. The maximum Gasteiger partial charge on any atom is 0.0349 e. The van der Waals surface area contributed by atoms with E-state index in [-0.39, 0.29) is 35.3 Å². The Kier molecular flexibility index (Phi) is 11.1. The Balaban J connectivity index is 0.000000641. The summed E-state index contributed by atoms with van der Waals surface area (Å²) in [4.78, 5) is 0. The van der Waals surface area contributed by atoms with E-state index in [0.717, 1.165) is 0 Å². The summed E-state index contributed by atoms with van der Waals surface area (Å²) in [5.74, 6) is 1.54. The van der Waals surface area contributed by atoms with Gasteiger partial charge in [0, 0.05) is 29.4 Å². The predicted molar refractivity (Wildman–Crippen MR) is 193 cm³/mol. The van der Waals surface area contributed by atoms with E-state index in [1.54, 1.807) is 5.92 Å². The number of hydrogen-bond acceptors (Lipinski definition) is 0. The summed E-state index contributed by atoms with van der Waals surface area (Å²) in [5, 5.41) is 10.4. The molecule has 4 aromatic carbocycles. The number of allylic oxidation sites excluding steroid dienone is 8. The van der Waals surface area contributed by atoms with Crippen LogP contribution in [0, 0.1) is 12.3 Å². The Morgan fingerprint density at radius 2 is 1.02 bits per heavy atom. The maximum absolute atomic E-state index is 2.50. The molecule has 1 atom stereocenters. The van der Waals surface area contributed by atoms with Gasteiger partial charge in [-0.05, 0) is 61.4 Å². The maximum atomic E-state index is 2.50. The summed E-state index contributed by atoms with van der Waals surface area (Å²) < 4.78 is 0. The van der Waals surface area contributed by atoms with Crippen LogP contribution >= 0.6 is 15.8 Å². The molecule has 2 aliphatic carbocycles. The SMILES string of the molecule is C[C@@H]([C]1C=CC=C1P(c1cccc2ccccc12)c1cccc2ccccc12)P(C(C)(C)C)C(C)(C)C.[CH]1C=CC=C1.[Fe]. The van der Waals surface area contributed by atoms with Crippen LogP contribution in [0.4, 0.5) is 0 Å². The van der Waals surface area contributed by atoms with Crippen molar-refractivity contribution in [3.8, 4) is 0 Å². The van der Waals surface area contributed by atoms with Crippen LogP contribution in [-0.2, 0) is 17.1 Å². The third-order valence-corrected chi connectivity index (χ3v) is 14.5. The van der Waals surface area contributed by atoms with Gasteiger partial charge in [-0.25, -0.2) is 0 Å². The molecular weight excluding hydrogens is 598 g/mol. The first kappa shape index (κ1) is 33.6. The fourth-order valence-corrected chi connectivity index (χ4v) is 14.6. The van der Waals surface area contributed by atoms with Crippen molar-refractivity contribution in [1.82, 2.24) is 0 Å². The van der Waals surface area contributed by atoms with Crippen LogP contribution in [0.1, 0.15) is 48.5 Å². The van der Waals surface area contributed by atoms with Crippen LogP contribution in [0.25, 0.3) is 21.5 Å². The molecule has 2 aliphatic rings. The Bertz CT molecular complexity index is 1550. The van der Waals surface area contributed by atoms with Crippen molar-refractivity contribution in [2.24, 2.45) is 0 Å². The second-order valence-corrected chi connectivity index (χ2v) is 19.4. The van der Waals surface area contributed by atoms with Gasteiger partial charge in [-0.2, -0.15) is 0 Å². The van der Waals surface area contributed by atoms with E-state index in [2.05, 4.69) is 152 Å². The quantitative estimate of drug-likeness (QED) is 0.150. The molecule has 43 heavy (non-hydrogen) atoms. The Morgan fingerprint density at radius 3 is 1.47 bits per heavy atom. The van der Waals surface area contributed by atoms with E-state index in [1.807, 2.05) is 30.7 Å². The van der Waals surface area contributed by atoms with Crippen molar-refractivity contribution < 1.29 is 17.1 Å². The van der Waals surface area contributed by atoms with Gasteiger partial charge in [0.2, 0.25) is 0 Å². The number of benzene rings is 4.